The van der Waals surface area contributed by atoms with E-state index in [-0.39, 0.29) is 18.0 Å². The van der Waals surface area contributed by atoms with Gasteiger partial charge in [-0.15, -0.1) is 0 Å². The van der Waals surface area contributed by atoms with Crippen LogP contribution in [0, 0.1) is 6.92 Å². The van der Waals surface area contributed by atoms with E-state index in [0.29, 0.717) is 46.9 Å². The van der Waals surface area contributed by atoms with Gasteiger partial charge in [0.15, 0.2) is 11.5 Å². The SMILES string of the molecule is COc1ccc2c(c1)cc(CCc1ccc(OC)c(OC)c1)c(=O)n2CC(=O)Nc1ccc(C)cc1. The third-order valence-electron chi connectivity index (χ3n) is 6.14. The van der Waals surface area contributed by atoms with E-state index < -0.39 is 0 Å². The van der Waals surface area contributed by atoms with Crippen LogP contribution < -0.4 is 25.1 Å². The molecule has 4 aromatic rings. The molecule has 0 aliphatic heterocycles. The Labute approximate surface area is 210 Å². The fourth-order valence-corrected chi connectivity index (χ4v) is 4.19. The van der Waals surface area contributed by atoms with E-state index in [1.807, 2.05) is 67.6 Å². The Hall–Kier alpha value is -4.26. The van der Waals surface area contributed by atoms with Crippen LogP contribution in [-0.4, -0.2) is 31.8 Å². The number of hydrogen-bond donors (Lipinski definition) is 1. The predicted molar refractivity (Wildman–Crippen MR) is 142 cm³/mol. The molecule has 0 fully saturated rings. The molecule has 186 valence electrons. The largest absolute Gasteiger partial charge is 0.497 e. The first-order valence-corrected chi connectivity index (χ1v) is 11.7. The average molecular weight is 487 g/mol. The molecule has 0 unspecified atom stereocenters. The summed E-state index contributed by atoms with van der Waals surface area (Å²) in [4.78, 5) is 26.4. The lowest BCUT2D eigenvalue weighted by molar-refractivity contribution is -0.116. The Bertz CT molecular complexity index is 1440. The number of fused-ring (bicyclic) bond motifs is 1. The van der Waals surface area contributed by atoms with Gasteiger partial charge >= 0.3 is 0 Å². The maximum Gasteiger partial charge on any atom is 0.254 e. The first-order chi connectivity index (χ1) is 17.4. The summed E-state index contributed by atoms with van der Waals surface area (Å²) in [5, 5.41) is 3.72. The lowest BCUT2D eigenvalue weighted by Crippen LogP contribution is -2.30. The smallest absolute Gasteiger partial charge is 0.254 e. The Balaban J connectivity index is 1.65. The fraction of sp³-hybridized carbons (Fsp3) is 0.241. The summed E-state index contributed by atoms with van der Waals surface area (Å²) < 4.78 is 17.6. The van der Waals surface area contributed by atoms with Crippen molar-refractivity contribution in [1.29, 1.82) is 0 Å². The lowest BCUT2D eigenvalue weighted by Gasteiger charge is -2.15. The molecule has 1 N–H and O–H groups in total. The minimum Gasteiger partial charge on any atom is -0.497 e. The molecule has 7 heteroatoms. The van der Waals surface area contributed by atoms with Gasteiger partial charge < -0.3 is 19.5 Å². The normalized spacial score (nSPS) is 10.8. The van der Waals surface area contributed by atoms with Crippen molar-refractivity contribution in [1.82, 2.24) is 4.57 Å². The minimum absolute atomic E-state index is 0.0975. The number of aryl methyl sites for hydroxylation is 3. The molecule has 36 heavy (non-hydrogen) atoms. The molecule has 0 bridgehead atoms. The number of rotatable bonds is 9. The molecular formula is C29H30N2O5. The van der Waals surface area contributed by atoms with Crippen molar-refractivity contribution in [3.8, 4) is 17.2 Å². The highest BCUT2D eigenvalue weighted by atomic mass is 16.5. The molecule has 0 saturated carbocycles. The van der Waals surface area contributed by atoms with Crippen LogP contribution in [0.25, 0.3) is 10.9 Å². The monoisotopic (exact) mass is 486 g/mol. The standard InChI is InChI=1S/C29H30N2O5/c1-19-5-10-23(11-6-19)30-28(32)18-31-25-13-12-24(34-2)17-22(25)16-21(29(31)33)9-7-20-8-14-26(35-3)27(15-20)36-4/h5-6,8,10-17H,7,9,18H2,1-4H3,(H,30,32). The van der Waals surface area contributed by atoms with Crippen LogP contribution in [0.15, 0.2) is 71.5 Å². The van der Waals surface area contributed by atoms with Crippen LogP contribution in [0.1, 0.15) is 16.7 Å². The predicted octanol–water partition coefficient (Wildman–Crippen LogP) is 4.76. The number of hydrogen-bond acceptors (Lipinski definition) is 5. The molecule has 0 radical (unpaired) electrons. The Morgan fingerprint density at radius 1 is 0.833 bits per heavy atom. The van der Waals surface area contributed by atoms with Crippen molar-refractivity contribution in [2.75, 3.05) is 26.6 Å². The van der Waals surface area contributed by atoms with Gasteiger partial charge in [0, 0.05) is 16.6 Å². The van der Waals surface area contributed by atoms with E-state index in [1.165, 1.54) is 4.57 Å². The lowest BCUT2D eigenvalue weighted by atomic mass is 10.0. The Morgan fingerprint density at radius 3 is 2.28 bits per heavy atom. The van der Waals surface area contributed by atoms with Gasteiger partial charge in [0.1, 0.15) is 12.3 Å². The van der Waals surface area contributed by atoms with Gasteiger partial charge in [-0.3, -0.25) is 14.2 Å². The molecule has 7 nitrogen and oxygen atoms in total. The second kappa shape index (κ2) is 11.0. The first kappa shape index (κ1) is 24.9. The summed E-state index contributed by atoms with van der Waals surface area (Å²) >= 11 is 0. The summed E-state index contributed by atoms with van der Waals surface area (Å²) in [6, 6.07) is 20.6. The zero-order valence-electron chi connectivity index (χ0n) is 21.0. The highest BCUT2D eigenvalue weighted by Crippen LogP contribution is 2.28. The van der Waals surface area contributed by atoms with E-state index in [2.05, 4.69) is 5.32 Å². The van der Waals surface area contributed by atoms with E-state index in [1.54, 1.807) is 27.4 Å². The maximum absolute atomic E-state index is 13.5. The minimum atomic E-state index is -0.268. The third-order valence-corrected chi connectivity index (χ3v) is 6.14. The summed E-state index contributed by atoms with van der Waals surface area (Å²) in [5.74, 6) is 1.71. The topological polar surface area (TPSA) is 78.8 Å². The van der Waals surface area contributed by atoms with Gasteiger partial charge in [0.25, 0.3) is 5.56 Å². The van der Waals surface area contributed by atoms with Crippen LogP contribution in [-0.2, 0) is 24.2 Å². The third kappa shape index (κ3) is 5.51. The van der Waals surface area contributed by atoms with E-state index in [0.717, 1.165) is 16.5 Å². The molecular weight excluding hydrogens is 456 g/mol. The molecule has 4 rings (SSSR count). The van der Waals surface area contributed by atoms with Crippen LogP contribution in [0.2, 0.25) is 0 Å². The van der Waals surface area contributed by atoms with Crippen molar-refractivity contribution >= 4 is 22.5 Å². The van der Waals surface area contributed by atoms with Crippen molar-refractivity contribution in [3.63, 3.8) is 0 Å². The summed E-state index contributed by atoms with van der Waals surface area (Å²) in [6.07, 6.45) is 1.13. The first-order valence-electron chi connectivity index (χ1n) is 11.7. The van der Waals surface area contributed by atoms with Crippen LogP contribution in [0.5, 0.6) is 17.2 Å². The van der Waals surface area contributed by atoms with Gasteiger partial charge in [-0.25, -0.2) is 0 Å². The Morgan fingerprint density at radius 2 is 1.58 bits per heavy atom. The number of amides is 1. The zero-order chi connectivity index (χ0) is 25.7. The van der Waals surface area contributed by atoms with E-state index >= 15 is 0 Å². The van der Waals surface area contributed by atoms with Crippen molar-refractivity contribution in [3.05, 3.63) is 93.8 Å². The number of nitrogens with zero attached hydrogens (tertiary/aromatic N) is 1. The molecule has 3 aromatic carbocycles. The Kier molecular flexibility index (Phi) is 7.59. The summed E-state index contributed by atoms with van der Waals surface area (Å²) in [6.45, 7) is 1.89. The average Bonchev–Trinajstić information content (AvgIpc) is 2.90. The number of methoxy groups -OCH3 is 3. The quantitative estimate of drug-likeness (QED) is 0.369. The number of ether oxygens (including phenoxy) is 3. The number of benzene rings is 3. The van der Waals surface area contributed by atoms with Gasteiger partial charge in [-0.05, 0) is 73.9 Å². The van der Waals surface area contributed by atoms with Gasteiger partial charge in [0.05, 0.1) is 26.8 Å². The van der Waals surface area contributed by atoms with Crippen LogP contribution in [0.4, 0.5) is 5.69 Å². The van der Waals surface area contributed by atoms with Gasteiger partial charge in [-0.2, -0.15) is 0 Å². The number of aromatic nitrogens is 1. The summed E-state index contributed by atoms with van der Waals surface area (Å²) in [7, 11) is 4.79. The van der Waals surface area contributed by atoms with Crippen LogP contribution >= 0.6 is 0 Å². The second-order valence-electron chi connectivity index (χ2n) is 8.59. The fourth-order valence-electron chi connectivity index (χ4n) is 4.19. The van der Waals surface area contributed by atoms with Gasteiger partial charge in [-0.1, -0.05) is 23.8 Å². The summed E-state index contributed by atoms with van der Waals surface area (Å²) in [5.41, 5.74) is 3.91. The molecule has 1 heterocycles. The van der Waals surface area contributed by atoms with Crippen LogP contribution in [0.3, 0.4) is 0 Å². The number of carbonyl (C=O) groups is 1. The molecule has 1 aromatic heterocycles. The van der Waals surface area contributed by atoms with Gasteiger partial charge in [0.2, 0.25) is 5.91 Å². The molecule has 1 amide bonds. The number of pyridine rings is 1. The van der Waals surface area contributed by atoms with E-state index in [9.17, 15) is 9.59 Å². The molecule has 0 aliphatic carbocycles. The maximum atomic E-state index is 13.5. The van der Waals surface area contributed by atoms with Crippen molar-refractivity contribution < 1.29 is 19.0 Å². The number of nitrogens with one attached hydrogen (secondary N) is 1. The number of carbonyl (C=O) groups excluding carboxylic acids is 1. The highest BCUT2D eigenvalue weighted by Gasteiger charge is 2.14. The number of anilines is 1. The second-order valence-corrected chi connectivity index (χ2v) is 8.59. The molecule has 0 saturated heterocycles. The van der Waals surface area contributed by atoms with E-state index in [4.69, 9.17) is 14.2 Å². The zero-order valence-corrected chi connectivity index (χ0v) is 21.0. The molecule has 0 aliphatic rings. The molecule has 0 spiro atoms. The van der Waals surface area contributed by atoms with Crippen molar-refractivity contribution in [2.24, 2.45) is 0 Å². The highest BCUT2D eigenvalue weighted by molar-refractivity contribution is 5.92. The molecule has 0 atom stereocenters. The van der Waals surface area contributed by atoms with Crippen molar-refractivity contribution in [2.45, 2.75) is 26.3 Å².